The predicted octanol–water partition coefficient (Wildman–Crippen LogP) is 2.15. The topological polar surface area (TPSA) is 40.5 Å². The monoisotopic (exact) mass is 283 g/mol. The van der Waals surface area contributed by atoms with Gasteiger partial charge in [-0.15, -0.1) is 0 Å². The van der Waals surface area contributed by atoms with E-state index in [1.165, 1.54) is 6.07 Å². The number of ether oxygens (including phenoxy) is 2. The first-order valence-corrected chi connectivity index (χ1v) is 6.61. The molecule has 0 radical (unpaired) electrons. The van der Waals surface area contributed by atoms with Crippen LogP contribution in [0.15, 0.2) is 47.3 Å². The van der Waals surface area contributed by atoms with Gasteiger partial charge < -0.3 is 14.0 Å². The van der Waals surface area contributed by atoms with Crippen LogP contribution in [0, 0.1) is 18.8 Å². The Balaban J connectivity index is 1.80. The van der Waals surface area contributed by atoms with E-state index in [1.807, 2.05) is 43.3 Å². The minimum absolute atomic E-state index is 0.0922. The highest BCUT2D eigenvalue weighted by atomic mass is 16.5. The normalized spacial score (nSPS) is 9.62. The van der Waals surface area contributed by atoms with Crippen LogP contribution in [0.1, 0.15) is 5.69 Å². The molecule has 0 spiro atoms. The third-order valence-electron chi connectivity index (χ3n) is 2.97. The minimum atomic E-state index is -0.0922. The largest absolute Gasteiger partial charge is 0.481 e. The summed E-state index contributed by atoms with van der Waals surface area (Å²) in [6.07, 6.45) is 0. The Morgan fingerprint density at radius 2 is 1.62 bits per heavy atom. The Hall–Kier alpha value is -2.67. The Labute approximate surface area is 123 Å². The predicted molar refractivity (Wildman–Crippen MR) is 81.6 cm³/mol. The molecule has 2 aromatic rings. The van der Waals surface area contributed by atoms with Crippen molar-refractivity contribution in [2.24, 2.45) is 7.05 Å². The van der Waals surface area contributed by atoms with Crippen molar-refractivity contribution in [3.63, 3.8) is 0 Å². The van der Waals surface area contributed by atoms with Crippen LogP contribution in [-0.4, -0.2) is 17.8 Å². The molecule has 21 heavy (non-hydrogen) atoms. The summed E-state index contributed by atoms with van der Waals surface area (Å²) in [7, 11) is 1.72. The molecule has 0 aliphatic carbocycles. The molecule has 4 heteroatoms. The van der Waals surface area contributed by atoms with E-state index in [1.54, 1.807) is 11.6 Å². The van der Waals surface area contributed by atoms with Crippen molar-refractivity contribution in [1.29, 1.82) is 0 Å². The lowest BCUT2D eigenvalue weighted by atomic mass is 10.3. The van der Waals surface area contributed by atoms with Crippen molar-refractivity contribution in [2.45, 2.75) is 6.92 Å². The van der Waals surface area contributed by atoms with Crippen LogP contribution < -0.4 is 15.0 Å². The van der Waals surface area contributed by atoms with E-state index >= 15 is 0 Å². The van der Waals surface area contributed by atoms with Crippen LogP contribution in [0.3, 0.4) is 0 Å². The van der Waals surface area contributed by atoms with Crippen molar-refractivity contribution in [3.05, 3.63) is 58.5 Å². The van der Waals surface area contributed by atoms with Gasteiger partial charge in [-0.1, -0.05) is 30.0 Å². The molecule has 0 aliphatic rings. The fourth-order valence-electron chi connectivity index (χ4n) is 1.68. The fraction of sp³-hybridized carbons (Fsp3) is 0.235. The highest BCUT2D eigenvalue weighted by Crippen LogP contribution is 2.09. The molecule has 0 saturated carbocycles. The molecule has 1 aromatic carbocycles. The third-order valence-corrected chi connectivity index (χ3v) is 2.97. The van der Waals surface area contributed by atoms with Gasteiger partial charge in [-0.2, -0.15) is 0 Å². The van der Waals surface area contributed by atoms with Crippen LogP contribution >= 0.6 is 0 Å². The summed E-state index contributed by atoms with van der Waals surface area (Å²) in [5, 5.41) is 0. The van der Waals surface area contributed by atoms with Crippen LogP contribution in [-0.2, 0) is 7.05 Å². The van der Waals surface area contributed by atoms with E-state index in [4.69, 9.17) is 9.47 Å². The molecule has 0 aliphatic heterocycles. The first-order valence-electron chi connectivity index (χ1n) is 6.61. The number of aromatic nitrogens is 1. The molecule has 2 rings (SSSR count). The van der Waals surface area contributed by atoms with Gasteiger partial charge in [-0.05, 0) is 25.1 Å². The Bertz CT molecular complexity index is 708. The quantitative estimate of drug-likeness (QED) is 0.807. The van der Waals surface area contributed by atoms with E-state index in [2.05, 4.69) is 11.8 Å². The number of para-hydroxylation sites is 1. The summed E-state index contributed by atoms with van der Waals surface area (Å²) < 4.78 is 12.4. The molecule has 0 fully saturated rings. The average Bonchev–Trinajstić information content (AvgIpc) is 2.49. The molecule has 0 unspecified atom stereocenters. The molecule has 4 nitrogen and oxygen atoms in total. The van der Waals surface area contributed by atoms with Crippen molar-refractivity contribution < 1.29 is 9.47 Å². The lowest BCUT2D eigenvalue weighted by Crippen LogP contribution is -2.18. The number of rotatable bonds is 4. The average molecular weight is 283 g/mol. The molecule has 0 bridgehead atoms. The van der Waals surface area contributed by atoms with E-state index in [0.717, 1.165) is 11.4 Å². The van der Waals surface area contributed by atoms with Gasteiger partial charge in [-0.25, -0.2) is 0 Å². The summed E-state index contributed by atoms with van der Waals surface area (Å²) >= 11 is 0. The highest BCUT2D eigenvalue weighted by molar-refractivity contribution is 5.24. The van der Waals surface area contributed by atoms with Crippen LogP contribution in [0.4, 0.5) is 0 Å². The number of aryl methyl sites for hydroxylation is 1. The summed E-state index contributed by atoms with van der Waals surface area (Å²) in [5.41, 5.74) is 0.753. The lowest BCUT2D eigenvalue weighted by Gasteiger charge is -2.06. The molecule has 108 valence electrons. The molecule has 0 amide bonds. The van der Waals surface area contributed by atoms with Crippen molar-refractivity contribution in [3.8, 4) is 23.3 Å². The molecule has 1 aromatic heterocycles. The van der Waals surface area contributed by atoms with E-state index in [-0.39, 0.29) is 12.2 Å². The number of hydrogen-bond acceptors (Lipinski definition) is 3. The maximum absolute atomic E-state index is 11.6. The molecular weight excluding hydrogens is 266 g/mol. The fourth-order valence-corrected chi connectivity index (χ4v) is 1.68. The van der Waals surface area contributed by atoms with Crippen molar-refractivity contribution in [2.75, 3.05) is 13.2 Å². The molecular formula is C17H17NO3. The van der Waals surface area contributed by atoms with Gasteiger partial charge in [0, 0.05) is 18.8 Å². The first-order chi connectivity index (χ1) is 10.2. The minimum Gasteiger partial charge on any atom is -0.481 e. The van der Waals surface area contributed by atoms with Crippen molar-refractivity contribution >= 4 is 0 Å². The first kappa shape index (κ1) is 14.7. The Morgan fingerprint density at radius 1 is 1.00 bits per heavy atom. The van der Waals surface area contributed by atoms with E-state index in [0.29, 0.717) is 12.4 Å². The van der Waals surface area contributed by atoms with Gasteiger partial charge >= 0.3 is 0 Å². The maximum atomic E-state index is 11.6. The van der Waals surface area contributed by atoms with Gasteiger partial charge in [-0.3, -0.25) is 4.79 Å². The summed E-state index contributed by atoms with van der Waals surface area (Å²) in [6.45, 7) is 2.39. The summed E-state index contributed by atoms with van der Waals surface area (Å²) in [6, 6.07) is 12.8. The molecule has 0 N–H and O–H groups in total. The number of pyridine rings is 1. The highest BCUT2D eigenvalue weighted by Gasteiger charge is 1.99. The number of hydrogen-bond donors (Lipinski definition) is 0. The zero-order valence-electron chi connectivity index (χ0n) is 12.1. The van der Waals surface area contributed by atoms with Gasteiger partial charge in [0.1, 0.15) is 24.7 Å². The maximum Gasteiger partial charge on any atom is 0.254 e. The van der Waals surface area contributed by atoms with E-state index < -0.39 is 0 Å². The van der Waals surface area contributed by atoms with Crippen molar-refractivity contribution in [1.82, 2.24) is 4.57 Å². The zero-order chi connectivity index (χ0) is 15.1. The van der Waals surface area contributed by atoms with Crippen LogP contribution in [0.5, 0.6) is 11.5 Å². The standard InChI is InChI=1S/C17H17NO3/c1-14-12-16(13-17(19)18(14)2)21-11-7-6-10-20-15-8-4-3-5-9-15/h3-5,8-9,12-13H,10-11H2,1-2H3. The smallest absolute Gasteiger partial charge is 0.254 e. The van der Waals surface area contributed by atoms with Gasteiger partial charge in [0.05, 0.1) is 0 Å². The Morgan fingerprint density at radius 3 is 2.24 bits per heavy atom. The summed E-state index contributed by atoms with van der Waals surface area (Å²) in [4.78, 5) is 11.6. The van der Waals surface area contributed by atoms with Gasteiger partial charge in [0.15, 0.2) is 0 Å². The SMILES string of the molecule is Cc1cc(OCC#CCOc2ccccc2)cc(=O)n1C. The number of benzene rings is 1. The lowest BCUT2D eigenvalue weighted by molar-refractivity contribution is 0.361. The summed E-state index contributed by atoms with van der Waals surface area (Å²) in [5.74, 6) is 7.04. The molecule has 0 saturated heterocycles. The van der Waals surface area contributed by atoms with Crippen LogP contribution in [0.2, 0.25) is 0 Å². The molecule has 1 heterocycles. The second-order valence-electron chi connectivity index (χ2n) is 4.47. The van der Waals surface area contributed by atoms with Gasteiger partial charge in [0.25, 0.3) is 5.56 Å². The third kappa shape index (κ3) is 4.43. The molecule has 0 atom stereocenters. The second-order valence-corrected chi connectivity index (χ2v) is 4.47. The van der Waals surface area contributed by atoms with Gasteiger partial charge in [0.2, 0.25) is 0 Å². The number of nitrogens with zero attached hydrogens (tertiary/aromatic N) is 1. The van der Waals surface area contributed by atoms with E-state index in [9.17, 15) is 4.79 Å². The Kier molecular flexibility index (Phi) is 5.05. The zero-order valence-corrected chi connectivity index (χ0v) is 12.1. The van der Waals surface area contributed by atoms with Crippen LogP contribution in [0.25, 0.3) is 0 Å². The second kappa shape index (κ2) is 7.20.